The largest absolute Gasteiger partial charge is 0.469 e. The van der Waals surface area contributed by atoms with Crippen molar-refractivity contribution < 1.29 is 28.3 Å². The number of ether oxygens (including phenoxy) is 2. The Bertz CT molecular complexity index is 894. The van der Waals surface area contributed by atoms with Gasteiger partial charge in [-0.2, -0.15) is 0 Å². The van der Waals surface area contributed by atoms with Crippen LogP contribution < -0.4 is 0 Å². The topological polar surface area (TPSA) is 85.2 Å². The Morgan fingerprint density at radius 1 is 0.540 bits per heavy atom. The highest BCUT2D eigenvalue weighted by Crippen LogP contribution is 2.36. The van der Waals surface area contributed by atoms with Crippen molar-refractivity contribution in [1.82, 2.24) is 0 Å². The molecule has 5 unspecified atom stereocenters. The minimum atomic E-state index is -4.58. The molecule has 0 bridgehead atoms. The Morgan fingerprint density at radius 2 is 0.900 bits per heavy atom. The molecule has 2 N–H and O–H groups in total. The highest BCUT2D eigenvalue weighted by molar-refractivity contribution is 7.46. The lowest BCUT2D eigenvalue weighted by molar-refractivity contribution is -0.0267. The molecule has 0 aromatic carbocycles. The Balaban J connectivity index is 4.32. The Labute approximate surface area is 311 Å². The van der Waals surface area contributed by atoms with E-state index in [-0.39, 0.29) is 13.2 Å². The van der Waals surface area contributed by atoms with Gasteiger partial charge >= 0.3 is 7.82 Å². The van der Waals surface area contributed by atoms with Gasteiger partial charge in [-0.15, -0.1) is 0 Å². The molecule has 0 spiro atoms. The summed E-state index contributed by atoms with van der Waals surface area (Å²) >= 11 is 0. The first-order valence-electron chi connectivity index (χ1n) is 20.8. The van der Waals surface area contributed by atoms with E-state index in [2.05, 4.69) is 81.4 Å². The maximum Gasteiger partial charge on any atom is 0.469 e. The summed E-state index contributed by atoms with van der Waals surface area (Å²) in [7, 11) is -4.58. The molecule has 0 saturated heterocycles. The molecule has 7 heteroatoms. The van der Waals surface area contributed by atoms with Gasteiger partial charge in [0.05, 0.1) is 26.4 Å². The smallest absolute Gasteiger partial charge is 0.375 e. The van der Waals surface area contributed by atoms with Gasteiger partial charge in [-0.3, -0.25) is 4.52 Å². The van der Waals surface area contributed by atoms with Crippen LogP contribution >= 0.6 is 7.82 Å². The van der Waals surface area contributed by atoms with Crippen LogP contribution in [0, 0.1) is 35.5 Å². The zero-order chi connectivity index (χ0) is 37.8. The summed E-state index contributed by atoms with van der Waals surface area (Å²) in [6, 6.07) is 0. The molecule has 50 heavy (non-hydrogen) atoms. The molecule has 5 atom stereocenters. The fourth-order valence-corrected chi connectivity index (χ4v) is 7.03. The lowest BCUT2D eigenvalue weighted by Crippen LogP contribution is -2.25. The first kappa shape index (κ1) is 49.5. The maximum atomic E-state index is 11.3. The molecule has 0 rings (SSSR count). The minimum Gasteiger partial charge on any atom is -0.375 e. The van der Waals surface area contributed by atoms with E-state index < -0.39 is 13.9 Å². The molecule has 0 aliphatic rings. The Kier molecular flexibility index (Phi) is 30.6. The SMILES string of the molecule is CC(=CCOCC(COP(=O)(O)O)OCC=C(C)CCCC(C)CCCC(C)CCCC(C)C)CCCC(C)CCCC(C)CCCC(C)C. The number of phosphoric ester groups is 1. The lowest BCUT2D eigenvalue weighted by Gasteiger charge is -2.18. The van der Waals surface area contributed by atoms with Crippen molar-refractivity contribution >= 4 is 7.82 Å². The summed E-state index contributed by atoms with van der Waals surface area (Å²) in [5.74, 6) is 4.85. The second-order valence-corrected chi connectivity index (χ2v) is 18.3. The molecule has 0 saturated carbocycles. The molecule has 0 fully saturated rings. The van der Waals surface area contributed by atoms with Crippen molar-refractivity contribution in [3.63, 3.8) is 0 Å². The zero-order valence-corrected chi connectivity index (χ0v) is 35.6. The molecular formula is C43H85O6P. The number of hydrogen-bond donors (Lipinski definition) is 2. The van der Waals surface area contributed by atoms with Crippen LogP contribution in [0.15, 0.2) is 23.3 Å². The quantitative estimate of drug-likeness (QED) is 0.0390. The van der Waals surface area contributed by atoms with Crippen molar-refractivity contribution in [1.29, 1.82) is 0 Å². The normalized spacial score (nSPS) is 16.3. The van der Waals surface area contributed by atoms with Crippen molar-refractivity contribution in [3.8, 4) is 0 Å². The number of allylic oxidation sites excluding steroid dienone is 2. The Morgan fingerprint density at radius 3 is 1.28 bits per heavy atom. The van der Waals surface area contributed by atoms with Gasteiger partial charge in [-0.05, 0) is 75.0 Å². The van der Waals surface area contributed by atoms with Crippen LogP contribution in [0.5, 0.6) is 0 Å². The van der Waals surface area contributed by atoms with Gasteiger partial charge in [0.25, 0.3) is 0 Å². The van der Waals surface area contributed by atoms with Crippen LogP contribution in [-0.4, -0.2) is 42.3 Å². The van der Waals surface area contributed by atoms with E-state index in [1.165, 1.54) is 114 Å². The van der Waals surface area contributed by atoms with Gasteiger partial charge in [-0.1, -0.05) is 169 Å². The molecule has 0 aliphatic heterocycles. The standard InChI is InChI=1S/C43H85O6P/c1-35(2)17-11-19-37(5)21-13-23-39(7)25-15-27-41(9)29-31-47-33-43(34-49-50(44,45)46)48-32-30-42(10)28-16-26-40(8)24-14-22-38(6)20-12-18-36(3)4/h29-30,35-40,43H,11-28,31-34H2,1-10H3,(H2,44,45,46). The molecule has 0 aromatic rings. The summed E-state index contributed by atoms with van der Waals surface area (Å²) < 4.78 is 27.9. The third-order valence-electron chi connectivity index (χ3n) is 10.3. The van der Waals surface area contributed by atoms with Gasteiger partial charge in [0, 0.05) is 0 Å². The van der Waals surface area contributed by atoms with Crippen LogP contribution in [0.25, 0.3) is 0 Å². The van der Waals surface area contributed by atoms with Gasteiger partial charge in [0.15, 0.2) is 0 Å². The fraction of sp³-hybridized carbons (Fsp3) is 0.907. The van der Waals surface area contributed by atoms with Gasteiger partial charge in [0.2, 0.25) is 0 Å². The minimum absolute atomic E-state index is 0.206. The van der Waals surface area contributed by atoms with E-state index in [0.29, 0.717) is 13.2 Å². The van der Waals surface area contributed by atoms with E-state index in [9.17, 15) is 14.4 Å². The first-order valence-corrected chi connectivity index (χ1v) is 22.3. The van der Waals surface area contributed by atoms with Crippen LogP contribution in [0.3, 0.4) is 0 Å². The summed E-state index contributed by atoms with van der Waals surface area (Å²) in [6.07, 6.45) is 26.8. The molecule has 0 heterocycles. The van der Waals surface area contributed by atoms with Gasteiger partial charge < -0.3 is 19.3 Å². The summed E-state index contributed by atoms with van der Waals surface area (Å²) in [6.45, 7) is 24.0. The Hall–Kier alpha value is -0.490. The summed E-state index contributed by atoms with van der Waals surface area (Å²) in [4.78, 5) is 18.4. The van der Waals surface area contributed by atoms with Crippen molar-refractivity contribution in [2.24, 2.45) is 35.5 Å². The van der Waals surface area contributed by atoms with E-state index in [1.54, 1.807) is 0 Å². The van der Waals surface area contributed by atoms with Gasteiger partial charge in [0.1, 0.15) is 6.10 Å². The third kappa shape index (κ3) is 34.6. The monoisotopic (exact) mass is 729 g/mol. The summed E-state index contributed by atoms with van der Waals surface area (Å²) in [5, 5.41) is 0. The number of phosphoric acid groups is 1. The van der Waals surface area contributed by atoms with E-state index in [1.807, 2.05) is 0 Å². The zero-order valence-electron chi connectivity index (χ0n) is 34.7. The second kappa shape index (κ2) is 30.9. The number of hydrogen-bond acceptors (Lipinski definition) is 4. The van der Waals surface area contributed by atoms with Crippen LogP contribution in [0.1, 0.15) is 185 Å². The fourth-order valence-electron chi connectivity index (χ4n) is 6.67. The van der Waals surface area contributed by atoms with Crippen LogP contribution in [-0.2, 0) is 18.6 Å². The molecule has 0 aromatic heterocycles. The molecular weight excluding hydrogens is 643 g/mol. The van der Waals surface area contributed by atoms with E-state index in [4.69, 9.17) is 14.0 Å². The third-order valence-corrected chi connectivity index (χ3v) is 10.8. The van der Waals surface area contributed by atoms with Crippen LogP contribution in [0.2, 0.25) is 0 Å². The van der Waals surface area contributed by atoms with E-state index >= 15 is 0 Å². The average Bonchev–Trinajstić information content (AvgIpc) is 3.00. The summed E-state index contributed by atoms with van der Waals surface area (Å²) in [5.41, 5.74) is 2.60. The molecule has 0 radical (unpaired) electrons. The molecule has 298 valence electrons. The van der Waals surface area contributed by atoms with Crippen LogP contribution in [0.4, 0.5) is 0 Å². The van der Waals surface area contributed by atoms with Crippen molar-refractivity contribution in [2.45, 2.75) is 191 Å². The molecule has 0 amide bonds. The highest BCUT2D eigenvalue weighted by Gasteiger charge is 2.19. The van der Waals surface area contributed by atoms with Gasteiger partial charge in [-0.25, -0.2) is 4.57 Å². The maximum absolute atomic E-state index is 11.3. The second-order valence-electron chi connectivity index (χ2n) is 17.1. The molecule has 6 nitrogen and oxygen atoms in total. The first-order chi connectivity index (χ1) is 23.6. The molecule has 0 aliphatic carbocycles. The van der Waals surface area contributed by atoms with Crippen molar-refractivity contribution in [2.75, 3.05) is 26.4 Å². The highest BCUT2D eigenvalue weighted by atomic mass is 31.2. The average molecular weight is 729 g/mol. The number of rotatable bonds is 34. The predicted molar refractivity (Wildman–Crippen MR) is 216 cm³/mol. The van der Waals surface area contributed by atoms with Crippen molar-refractivity contribution in [3.05, 3.63) is 23.3 Å². The lowest BCUT2D eigenvalue weighted by atomic mass is 9.91. The predicted octanol–water partition coefficient (Wildman–Crippen LogP) is 13.3. The van der Waals surface area contributed by atoms with E-state index in [0.717, 1.165) is 48.3 Å².